The number of carbonyl (C=O) groups excluding carboxylic acids is 1. The lowest BCUT2D eigenvalue weighted by Gasteiger charge is -2.15. The van der Waals surface area contributed by atoms with Crippen LogP contribution in [-0.4, -0.2) is 46.6 Å². The van der Waals surface area contributed by atoms with Gasteiger partial charge >= 0.3 is 0 Å². The summed E-state index contributed by atoms with van der Waals surface area (Å²) in [6, 6.07) is 17.8. The van der Waals surface area contributed by atoms with Crippen LogP contribution in [0.25, 0.3) is 32.9 Å². The van der Waals surface area contributed by atoms with Crippen LogP contribution in [0.5, 0.6) is 0 Å². The van der Waals surface area contributed by atoms with Crippen molar-refractivity contribution in [3.05, 3.63) is 65.7 Å². The highest BCUT2D eigenvalue weighted by Crippen LogP contribution is 2.30. The molecule has 1 amide bonds. The molecule has 5 rings (SSSR count). The third-order valence-electron chi connectivity index (χ3n) is 5.87. The zero-order valence-electron chi connectivity index (χ0n) is 18.3. The standard InChI is InChI=1S/C25H24N4O2.2ClH/c1-2-31-24(26)19-9-10-22-21(15-19)23(28-27-22)18-7-5-17-14-20(8-6-16(17)13-18)25(30)29-11-3-4-12-29;;/h5-10,13-15,26H,2-4,11-12H2,1H3,(H,27,28);2*1H. The van der Waals surface area contributed by atoms with E-state index in [-0.39, 0.29) is 36.6 Å². The summed E-state index contributed by atoms with van der Waals surface area (Å²) in [7, 11) is 0. The molecule has 0 radical (unpaired) electrons. The van der Waals surface area contributed by atoms with E-state index in [4.69, 9.17) is 10.1 Å². The minimum absolute atomic E-state index is 0. The SMILES string of the molecule is CCOC(=N)c1ccc2[nH]nc(-c3ccc4cc(C(=O)N5CCCC5)ccc4c3)c2c1.Cl.Cl. The number of hydrogen-bond donors (Lipinski definition) is 2. The number of aromatic nitrogens is 2. The minimum atomic E-state index is 0. The van der Waals surface area contributed by atoms with Crippen molar-refractivity contribution < 1.29 is 9.53 Å². The van der Waals surface area contributed by atoms with E-state index in [0.29, 0.717) is 6.61 Å². The van der Waals surface area contributed by atoms with Gasteiger partial charge in [0.2, 0.25) is 5.90 Å². The van der Waals surface area contributed by atoms with Gasteiger partial charge in [-0.25, -0.2) is 0 Å². The summed E-state index contributed by atoms with van der Waals surface area (Å²) in [6.45, 7) is 4.03. The summed E-state index contributed by atoms with van der Waals surface area (Å²) in [5.74, 6) is 0.274. The summed E-state index contributed by atoms with van der Waals surface area (Å²) in [5.41, 5.74) is 4.20. The number of carbonyl (C=O) groups is 1. The molecule has 8 heteroatoms. The van der Waals surface area contributed by atoms with Gasteiger partial charge < -0.3 is 9.64 Å². The fourth-order valence-electron chi connectivity index (χ4n) is 4.23. The van der Waals surface area contributed by atoms with Gasteiger partial charge in [0.05, 0.1) is 17.8 Å². The second-order valence-corrected chi connectivity index (χ2v) is 7.87. The molecular formula is C25H26Cl2N4O2. The molecule has 1 saturated heterocycles. The lowest BCUT2D eigenvalue weighted by Crippen LogP contribution is -2.27. The average Bonchev–Trinajstić information content (AvgIpc) is 3.48. The average molecular weight is 485 g/mol. The first-order chi connectivity index (χ1) is 15.1. The van der Waals surface area contributed by atoms with E-state index in [1.807, 2.05) is 60.4 Å². The second kappa shape index (κ2) is 10.2. The van der Waals surface area contributed by atoms with Gasteiger partial charge in [0.1, 0.15) is 0 Å². The van der Waals surface area contributed by atoms with E-state index < -0.39 is 0 Å². The topological polar surface area (TPSA) is 82.1 Å². The number of ether oxygens (including phenoxy) is 1. The normalized spacial score (nSPS) is 12.9. The second-order valence-electron chi connectivity index (χ2n) is 7.87. The Morgan fingerprint density at radius 3 is 2.45 bits per heavy atom. The number of nitrogens with one attached hydrogen (secondary N) is 2. The van der Waals surface area contributed by atoms with Crippen LogP contribution < -0.4 is 0 Å². The first kappa shape index (κ1) is 24.6. The number of amides is 1. The maximum Gasteiger partial charge on any atom is 0.253 e. The van der Waals surface area contributed by atoms with Gasteiger partial charge in [-0.05, 0) is 66.9 Å². The van der Waals surface area contributed by atoms with E-state index in [9.17, 15) is 4.79 Å². The Morgan fingerprint density at radius 2 is 1.70 bits per heavy atom. The molecule has 0 spiro atoms. The van der Waals surface area contributed by atoms with Gasteiger partial charge in [0.15, 0.2) is 0 Å². The van der Waals surface area contributed by atoms with Gasteiger partial charge in [-0.15, -0.1) is 24.8 Å². The van der Waals surface area contributed by atoms with E-state index in [1.54, 1.807) is 0 Å². The molecule has 0 atom stereocenters. The van der Waals surface area contributed by atoms with Crippen LogP contribution in [0.1, 0.15) is 35.7 Å². The number of benzene rings is 3. The summed E-state index contributed by atoms with van der Waals surface area (Å²) >= 11 is 0. The number of halogens is 2. The molecule has 172 valence electrons. The van der Waals surface area contributed by atoms with Crippen molar-refractivity contribution in [2.75, 3.05) is 19.7 Å². The van der Waals surface area contributed by atoms with Crippen LogP contribution in [-0.2, 0) is 4.74 Å². The number of likely N-dealkylation sites (tertiary alicyclic amines) is 1. The van der Waals surface area contributed by atoms with Gasteiger partial charge in [0, 0.05) is 35.2 Å². The number of hydrogen-bond acceptors (Lipinski definition) is 4. The van der Waals surface area contributed by atoms with Crippen molar-refractivity contribution in [1.82, 2.24) is 15.1 Å². The van der Waals surface area contributed by atoms with Crippen LogP contribution in [0.15, 0.2) is 54.6 Å². The molecule has 2 heterocycles. The number of aromatic amines is 1. The molecule has 0 saturated carbocycles. The molecule has 33 heavy (non-hydrogen) atoms. The van der Waals surface area contributed by atoms with Crippen LogP contribution >= 0.6 is 24.8 Å². The molecule has 0 unspecified atom stereocenters. The highest BCUT2D eigenvalue weighted by molar-refractivity contribution is 6.02. The summed E-state index contributed by atoms with van der Waals surface area (Å²) in [6.07, 6.45) is 2.18. The summed E-state index contributed by atoms with van der Waals surface area (Å²) in [5, 5.41) is 18.7. The highest BCUT2D eigenvalue weighted by Gasteiger charge is 2.19. The Hall–Kier alpha value is -3.09. The molecule has 2 N–H and O–H groups in total. The molecule has 1 aromatic heterocycles. The van der Waals surface area contributed by atoms with Crippen LogP contribution in [0.3, 0.4) is 0 Å². The first-order valence-electron chi connectivity index (χ1n) is 10.7. The smallest absolute Gasteiger partial charge is 0.253 e. The lowest BCUT2D eigenvalue weighted by atomic mass is 10.0. The molecule has 4 aromatic rings. The van der Waals surface area contributed by atoms with Crippen LogP contribution in [0.4, 0.5) is 0 Å². The summed E-state index contributed by atoms with van der Waals surface area (Å²) in [4.78, 5) is 14.6. The monoisotopic (exact) mass is 484 g/mol. The molecule has 0 bridgehead atoms. The predicted octanol–water partition coefficient (Wildman–Crippen LogP) is 5.82. The van der Waals surface area contributed by atoms with E-state index >= 15 is 0 Å². The lowest BCUT2D eigenvalue weighted by molar-refractivity contribution is 0.0793. The zero-order valence-corrected chi connectivity index (χ0v) is 19.9. The molecule has 1 aliphatic heterocycles. The molecule has 0 aliphatic carbocycles. The number of nitrogens with zero attached hydrogens (tertiary/aromatic N) is 2. The Balaban J connectivity index is 0.00000153. The van der Waals surface area contributed by atoms with Crippen molar-refractivity contribution in [2.45, 2.75) is 19.8 Å². The predicted molar refractivity (Wildman–Crippen MR) is 137 cm³/mol. The fourth-order valence-corrected chi connectivity index (χ4v) is 4.23. The van der Waals surface area contributed by atoms with Crippen molar-refractivity contribution >= 4 is 58.3 Å². The van der Waals surface area contributed by atoms with Crippen LogP contribution in [0, 0.1) is 5.41 Å². The highest BCUT2D eigenvalue weighted by atomic mass is 35.5. The van der Waals surface area contributed by atoms with Crippen molar-refractivity contribution in [3.63, 3.8) is 0 Å². The third kappa shape index (κ3) is 4.68. The Kier molecular flexibility index (Phi) is 7.61. The molecule has 1 fully saturated rings. The van der Waals surface area contributed by atoms with Gasteiger partial charge in [-0.2, -0.15) is 5.10 Å². The maximum absolute atomic E-state index is 12.7. The minimum Gasteiger partial charge on any atom is -0.478 e. The number of fused-ring (bicyclic) bond motifs is 2. The van der Waals surface area contributed by atoms with E-state index in [1.165, 1.54) is 0 Å². The Bertz CT molecular complexity index is 1310. The molecule has 3 aromatic carbocycles. The first-order valence-corrected chi connectivity index (χ1v) is 10.7. The van der Waals surface area contributed by atoms with Gasteiger partial charge in [-0.3, -0.25) is 15.3 Å². The van der Waals surface area contributed by atoms with E-state index in [0.717, 1.165) is 70.0 Å². The molecule has 6 nitrogen and oxygen atoms in total. The largest absolute Gasteiger partial charge is 0.478 e. The zero-order chi connectivity index (χ0) is 21.4. The van der Waals surface area contributed by atoms with Gasteiger partial charge in [-0.1, -0.05) is 18.2 Å². The van der Waals surface area contributed by atoms with Crippen molar-refractivity contribution in [1.29, 1.82) is 5.41 Å². The maximum atomic E-state index is 12.7. The van der Waals surface area contributed by atoms with Gasteiger partial charge in [0.25, 0.3) is 5.91 Å². The quantitative estimate of drug-likeness (QED) is 0.282. The Labute approximate surface area is 204 Å². The van der Waals surface area contributed by atoms with Crippen molar-refractivity contribution in [3.8, 4) is 11.3 Å². The van der Waals surface area contributed by atoms with Crippen LogP contribution in [0.2, 0.25) is 0 Å². The van der Waals surface area contributed by atoms with Crippen molar-refractivity contribution in [2.24, 2.45) is 0 Å². The fraction of sp³-hybridized carbons (Fsp3) is 0.240. The van der Waals surface area contributed by atoms with E-state index in [2.05, 4.69) is 16.3 Å². The Morgan fingerprint density at radius 1 is 1.00 bits per heavy atom. The molecule has 1 aliphatic rings. The molecular weight excluding hydrogens is 459 g/mol. The number of rotatable bonds is 4. The third-order valence-corrected chi connectivity index (χ3v) is 5.87. The number of H-pyrrole nitrogens is 1. The summed E-state index contributed by atoms with van der Waals surface area (Å²) < 4.78 is 5.35.